The standard InChI is InChI=1S/C17H26N2O3S/c1-17(2,3)13-7-5-12(6-8-13)16-15(11-22-19(16)4)23(20,21)18-14-9-10-14/h5-8,14-16,18H,9-11H2,1-4H3/t15-,16+/m1/s1. The van der Waals surface area contributed by atoms with Crippen LogP contribution in [0, 0.1) is 0 Å². The first-order valence-corrected chi connectivity index (χ1v) is 9.70. The summed E-state index contributed by atoms with van der Waals surface area (Å²) in [5.74, 6) is 0. The van der Waals surface area contributed by atoms with Crippen molar-refractivity contribution in [2.75, 3.05) is 13.7 Å². The average molecular weight is 338 g/mol. The van der Waals surface area contributed by atoms with E-state index in [-0.39, 0.29) is 24.1 Å². The Bertz CT molecular complexity index is 660. The highest BCUT2D eigenvalue weighted by Crippen LogP contribution is 2.35. The summed E-state index contributed by atoms with van der Waals surface area (Å²) in [6, 6.07) is 8.06. The summed E-state index contributed by atoms with van der Waals surface area (Å²) in [5.41, 5.74) is 2.29. The maximum atomic E-state index is 12.6. The fraction of sp³-hybridized carbons (Fsp3) is 0.647. The van der Waals surface area contributed by atoms with E-state index in [9.17, 15) is 8.42 Å². The van der Waals surface area contributed by atoms with Gasteiger partial charge < -0.3 is 0 Å². The first-order valence-electron chi connectivity index (χ1n) is 8.16. The molecule has 2 atom stereocenters. The Balaban J connectivity index is 1.86. The lowest BCUT2D eigenvalue weighted by molar-refractivity contribution is -0.110. The SMILES string of the molecule is CN1OC[C@@H](S(=O)(=O)NC2CC2)[C@@H]1c1ccc(C(C)(C)C)cc1. The summed E-state index contributed by atoms with van der Waals surface area (Å²) >= 11 is 0. The van der Waals surface area contributed by atoms with Crippen LogP contribution in [-0.4, -0.2) is 38.4 Å². The first-order chi connectivity index (χ1) is 10.7. The second-order valence-corrected chi connectivity index (χ2v) is 9.57. The smallest absolute Gasteiger partial charge is 0.219 e. The maximum Gasteiger partial charge on any atom is 0.219 e. The van der Waals surface area contributed by atoms with E-state index in [0.717, 1.165) is 18.4 Å². The Morgan fingerprint density at radius 2 is 1.78 bits per heavy atom. The van der Waals surface area contributed by atoms with Crippen LogP contribution in [0.5, 0.6) is 0 Å². The van der Waals surface area contributed by atoms with Crippen molar-refractivity contribution in [1.29, 1.82) is 0 Å². The number of hydroxylamine groups is 2. The number of rotatable bonds is 4. The minimum Gasteiger partial charge on any atom is -0.297 e. The van der Waals surface area contributed by atoms with Crippen LogP contribution in [0.4, 0.5) is 0 Å². The molecule has 0 spiro atoms. The molecule has 1 aromatic rings. The lowest BCUT2D eigenvalue weighted by Gasteiger charge is -2.25. The summed E-state index contributed by atoms with van der Waals surface area (Å²) in [4.78, 5) is 5.53. The van der Waals surface area contributed by atoms with Gasteiger partial charge in [-0.2, -0.15) is 5.06 Å². The third-order valence-electron chi connectivity index (χ3n) is 4.61. The summed E-state index contributed by atoms with van der Waals surface area (Å²) < 4.78 is 28.0. The highest BCUT2D eigenvalue weighted by molar-refractivity contribution is 7.90. The zero-order valence-electron chi connectivity index (χ0n) is 14.2. The molecule has 128 valence electrons. The van der Waals surface area contributed by atoms with Gasteiger partial charge in [0.1, 0.15) is 5.25 Å². The number of hydrogen-bond donors (Lipinski definition) is 1. The molecule has 2 aliphatic rings. The normalized spacial score (nSPS) is 26.6. The van der Waals surface area contributed by atoms with Crippen molar-refractivity contribution < 1.29 is 13.3 Å². The summed E-state index contributed by atoms with van der Waals surface area (Å²) in [6.45, 7) is 6.70. The van der Waals surface area contributed by atoms with Crippen molar-refractivity contribution in [2.45, 2.75) is 56.4 Å². The number of benzene rings is 1. The van der Waals surface area contributed by atoms with E-state index < -0.39 is 15.3 Å². The molecule has 1 heterocycles. The Morgan fingerprint density at radius 1 is 1.17 bits per heavy atom. The van der Waals surface area contributed by atoms with Crippen LogP contribution in [-0.2, 0) is 20.3 Å². The molecule has 0 bridgehead atoms. The fourth-order valence-electron chi connectivity index (χ4n) is 2.98. The highest BCUT2D eigenvalue weighted by atomic mass is 32.2. The van der Waals surface area contributed by atoms with Crippen molar-refractivity contribution in [3.8, 4) is 0 Å². The molecule has 23 heavy (non-hydrogen) atoms. The molecule has 1 aliphatic carbocycles. The van der Waals surface area contributed by atoms with Gasteiger partial charge in [0.25, 0.3) is 0 Å². The van der Waals surface area contributed by atoms with Gasteiger partial charge in [-0.1, -0.05) is 45.0 Å². The van der Waals surface area contributed by atoms with E-state index in [4.69, 9.17) is 4.84 Å². The molecule has 2 fully saturated rings. The molecule has 0 aromatic heterocycles. The zero-order chi connectivity index (χ0) is 16.8. The van der Waals surface area contributed by atoms with Gasteiger partial charge in [0, 0.05) is 13.1 Å². The second kappa shape index (κ2) is 5.84. The molecule has 1 N–H and O–H groups in total. The Kier molecular flexibility index (Phi) is 4.29. The molecule has 0 amide bonds. The fourth-order valence-corrected chi connectivity index (χ4v) is 4.76. The Labute approximate surface area is 139 Å². The molecule has 0 unspecified atom stereocenters. The van der Waals surface area contributed by atoms with Gasteiger partial charge in [-0.3, -0.25) is 4.84 Å². The van der Waals surface area contributed by atoms with Crippen molar-refractivity contribution in [2.24, 2.45) is 0 Å². The van der Waals surface area contributed by atoms with E-state index in [1.807, 2.05) is 12.1 Å². The van der Waals surface area contributed by atoms with Gasteiger partial charge in [0.15, 0.2) is 0 Å². The van der Waals surface area contributed by atoms with Crippen LogP contribution in [0.2, 0.25) is 0 Å². The lowest BCUT2D eigenvalue weighted by Crippen LogP contribution is -2.40. The highest BCUT2D eigenvalue weighted by Gasteiger charge is 2.44. The van der Waals surface area contributed by atoms with Gasteiger partial charge in [0.2, 0.25) is 10.0 Å². The summed E-state index contributed by atoms with van der Waals surface area (Å²) in [7, 11) is -1.58. The maximum absolute atomic E-state index is 12.6. The number of nitrogens with one attached hydrogen (secondary N) is 1. The van der Waals surface area contributed by atoms with Crippen LogP contribution in [0.1, 0.15) is 50.8 Å². The largest absolute Gasteiger partial charge is 0.297 e. The molecule has 3 rings (SSSR count). The molecule has 1 aromatic carbocycles. The Hall–Kier alpha value is -0.950. The van der Waals surface area contributed by atoms with Crippen LogP contribution in [0.3, 0.4) is 0 Å². The average Bonchev–Trinajstić information content (AvgIpc) is 3.16. The minimum absolute atomic E-state index is 0.0790. The van der Waals surface area contributed by atoms with Gasteiger partial charge in [0.05, 0.1) is 12.6 Å². The van der Waals surface area contributed by atoms with Gasteiger partial charge in [-0.25, -0.2) is 13.1 Å². The zero-order valence-corrected chi connectivity index (χ0v) is 15.1. The molecule has 1 saturated carbocycles. The summed E-state index contributed by atoms with van der Waals surface area (Å²) in [6.07, 6.45) is 1.88. The number of hydrogen-bond acceptors (Lipinski definition) is 4. The molecular weight excluding hydrogens is 312 g/mol. The van der Waals surface area contributed by atoms with Crippen LogP contribution < -0.4 is 4.72 Å². The van der Waals surface area contributed by atoms with E-state index in [1.54, 1.807) is 12.1 Å². The molecule has 1 aliphatic heterocycles. The van der Waals surface area contributed by atoms with Crippen LogP contribution in [0.15, 0.2) is 24.3 Å². The van der Waals surface area contributed by atoms with Gasteiger partial charge >= 0.3 is 0 Å². The molecule has 6 heteroatoms. The van der Waals surface area contributed by atoms with Crippen molar-refractivity contribution in [3.05, 3.63) is 35.4 Å². The van der Waals surface area contributed by atoms with E-state index in [0.29, 0.717) is 0 Å². The first kappa shape index (κ1) is 16.9. The van der Waals surface area contributed by atoms with Crippen LogP contribution >= 0.6 is 0 Å². The van der Waals surface area contributed by atoms with Crippen LogP contribution in [0.25, 0.3) is 0 Å². The number of sulfonamides is 1. The predicted octanol–water partition coefficient (Wildman–Crippen LogP) is 2.35. The molecule has 0 radical (unpaired) electrons. The number of nitrogens with zero attached hydrogens (tertiary/aromatic N) is 1. The van der Waals surface area contributed by atoms with Crippen molar-refractivity contribution >= 4 is 10.0 Å². The molecular formula is C17H26N2O3S. The monoisotopic (exact) mass is 338 g/mol. The van der Waals surface area contributed by atoms with E-state index in [1.165, 1.54) is 5.56 Å². The second-order valence-electron chi connectivity index (χ2n) is 7.63. The quantitative estimate of drug-likeness (QED) is 0.915. The third kappa shape index (κ3) is 3.60. The Morgan fingerprint density at radius 3 is 2.30 bits per heavy atom. The van der Waals surface area contributed by atoms with Crippen molar-refractivity contribution in [1.82, 2.24) is 9.79 Å². The van der Waals surface area contributed by atoms with E-state index in [2.05, 4.69) is 37.6 Å². The molecule has 1 saturated heterocycles. The minimum atomic E-state index is -3.38. The molecule has 5 nitrogen and oxygen atoms in total. The van der Waals surface area contributed by atoms with Gasteiger partial charge in [-0.05, 0) is 29.4 Å². The topological polar surface area (TPSA) is 58.6 Å². The van der Waals surface area contributed by atoms with Crippen molar-refractivity contribution in [3.63, 3.8) is 0 Å². The lowest BCUT2D eigenvalue weighted by atomic mass is 9.86. The van der Waals surface area contributed by atoms with E-state index >= 15 is 0 Å². The van der Waals surface area contributed by atoms with Gasteiger partial charge in [-0.15, -0.1) is 0 Å². The third-order valence-corrected chi connectivity index (χ3v) is 6.46. The predicted molar refractivity (Wildman–Crippen MR) is 90.5 cm³/mol. The summed E-state index contributed by atoms with van der Waals surface area (Å²) in [5, 5.41) is 1.09.